The molecule has 2 aromatic heterocycles. The number of hydrogen-bond acceptors (Lipinski definition) is 9. The minimum absolute atomic E-state index is 0.0300. The maximum absolute atomic E-state index is 13.9. The van der Waals surface area contributed by atoms with Gasteiger partial charge in [-0.3, -0.25) is 4.79 Å². The summed E-state index contributed by atoms with van der Waals surface area (Å²) in [5.74, 6) is 0.213. The van der Waals surface area contributed by atoms with Crippen LogP contribution in [-0.4, -0.2) is 47.3 Å². The molecule has 0 spiro atoms. The summed E-state index contributed by atoms with van der Waals surface area (Å²) in [5, 5.41) is 8.64. The van der Waals surface area contributed by atoms with Gasteiger partial charge < -0.3 is 14.7 Å². The van der Waals surface area contributed by atoms with Crippen LogP contribution in [0, 0.1) is 0 Å². The van der Waals surface area contributed by atoms with E-state index in [1.54, 1.807) is 31.2 Å². The Morgan fingerprint density at radius 3 is 2.58 bits per heavy atom. The monoisotopic (exact) mass is 701 g/mol. The van der Waals surface area contributed by atoms with E-state index in [-0.39, 0.29) is 40.9 Å². The van der Waals surface area contributed by atoms with E-state index in [2.05, 4.69) is 33.9 Å². The van der Waals surface area contributed by atoms with Crippen molar-refractivity contribution in [1.29, 1.82) is 0 Å². The molecule has 9 nitrogen and oxygen atoms in total. The number of aromatic nitrogens is 2. The van der Waals surface area contributed by atoms with Crippen molar-refractivity contribution >= 4 is 42.6 Å². The fourth-order valence-corrected chi connectivity index (χ4v) is 9.19. The van der Waals surface area contributed by atoms with E-state index in [1.807, 2.05) is 0 Å². The Morgan fingerprint density at radius 1 is 1.15 bits per heavy atom. The van der Waals surface area contributed by atoms with Crippen LogP contribution >= 0.6 is 11.3 Å². The van der Waals surface area contributed by atoms with Crippen molar-refractivity contribution in [3.63, 3.8) is 0 Å². The highest BCUT2D eigenvalue weighted by molar-refractivity contribution is 7.91. The normalized spacial score (nSPS) is 22.6. The lowest BCUT2D eigenvalue weighted by Crippen LogP contribution is -2.53. The molecular formula is C34H38F3N5O4S2. The molecule has 3 atom stereocenters. The predicted octanol–water partition coefficient (Wildman–Crippen LogP) is 7.39. The van der Waals surface area contributed by atoms with Gasteiger partial charge in [0.15, 0.2) is 5.13 Å². The number of hydrogen-bond donors (Lipinski definition) is 2. The summed E-state index contributed by atoms with van der Waals surface area (Å²) in [6.07, 6.45) is 0.874. The Morgan fingerprint density at radius 2 is 1.90 bits per heavy atom. The number of nitrogens with zero attached hydrogens (tertiary/aromatic N) is 3. The number of sulfonamides is 1. The number of thiazole rings is 1. The number of rotatable bonds is 10. The van der Waals surface area contributed by atoms with Crippen molar-refractivity contribution in [2.75, 3.05) is 4.90 Å². The fraction of sp³-hybridized carbons (Fsp3) is 0.500. The molecule has 2 aromatic carbocycles. The Balaban J connectivity index is 1.08. The van der Waals surface area contributed by atoms with Crippen molar-refractivity contribution in [2.24, 2.45) is 0 Å². The van der Waals surface area contributed by atoms with Gasteiger partial charge in [-0.15, -0.1) is 0 Å². The smallest absolute Gasteiger partial charge is 0.360 e. The van der Waals surface area contributed by atoms with E-state index in [0.717, 1.165) is 53.5 Å². The number of carbonyl (C=O) groups excluding carboxylic acids is 1. The number of halogens is 3. The molecule has 0 bridgehead atoms. The third-order valence-electron chi connectivity index (χ3n) is 10.0. The molecule has 2 N–H and O–H groups in total. The van der Waals surface area contributed by atoms with Gasteiger partial charge in [0.05, 0.1) is 20.5 Å². The molecule has 3 fully saturated rings. The van der Waals surface area contributed by atoms with Crippen molar-refractivity contribution in [1.82, 2.24) is 20.2 Å². The van der Waals surface area contributed by atoms with Crippen LogP contribution in [0.4, 0.5) is 18.3 Å². The average molecular weight is 702 g/mol. The lowest BCUT2D eigenvalue weighted by molar-refractivity contribution is -0.137. The highest BCUT2D eigenvalue weighted by Gasteiger charge is 2.51. The summed E-state index contributed by atoms with van der Waals surface area (Å²) in [7, 11) is -3.75. The first-order valence-electron chi connectivity index (χ1n) is 16.4. The molecule has 1 aliphatic heterocycles. The van der Waals surface area contributed by atoms with E-state index in [0.29, 0.717) is 30.7 Å². The number of carbonyl (C=O) groups is 1. The second kappa shape index (κ2) is 12.1. The van der Waals surface area contributed by atoms with Gasteiger partial charge >= 0.3 is 6.18 Å². The summed E-state index contributed by atoms with van der Waals surface area (Å²) in [6, 6.07) is 10.9. The van der Waals surface area contributed by atoms with Gasteiger partial charge in [-0.2, -0.15) is 13.2 Å². The number of alkyl halides is 3. The zero-order chi connectivity index (χ0) is 34.0. The van der Waals surface area contributed by atoms with E-state index in [9.17, 15) is 26.4 Å². The molecule has 1 saturated heterocycles. The van der Waals surface area contributed by atoms with Gasteiger partial charge in [0.25, 0.3) is 5.91 Å². The number of fused-ring (bicyclic) bond motifs is 1. The third-order valence-corrected chi connectivity index (χ3v) is 13.2. The number of anilines is 1. The topological polar surface area (TPSA) is 117 Å². The summed E-state index contributed by atoms with van der Waals surface area (Å²) >= 11 is 1.47. The van der Waals surface area contributed by atoms with E-state index in [4.69, 9.17) is 9.51 Å². The van der Waals surface area contributed by atoms with Crippen molar-refractivity contribution < 1.29 is 30.9 Å². The molecule has 3 aliphatic rings. The predicted molar refractivity (Wildman–Crippen MR) is 178 cm³/mol. The average Bonchev–Trinajstić information content (AvgIpc) is 3.95. The maximum Gasteiger partial charge on any atom is 0.417 e. The Kier molecular flexibility index (Phi) is 8.35. The molecule has 48 heavy (non-hydrogen) atoms. The van der Waals surface area contributed by atoms with Gasteiger partial charge in [0, 0.05) is 47.3 Å². The molecule has 256 valence electrons. The maximum atomic E-state index is 13.9. The van der Waals surface area contributed by atoms with Crippen LogP contribution in [0.2, 0.25) is 0 Å². The Bertz CT molecular complexity index is 1970. The molecule has 0 radical (unpaired) electrons. The van der Waals surface area contributed by atoms with Crippen molar-refractivity contribution in [3.8, 4) is 11.3 Å². The summed E-state index contributed by atoms with van der Waals surface area (Å²) in [6.45, 7) is 6.26. The van der Waals surface area contributed by atoms with Gasteiger partial charge in [0.2, 0.25) is 10.0 Å². The minimum atomic E-state index is -4.51. The minimum Gasteiger partial charge on any atom is -0.360 e. The molecule has 4 aromatic rings. The SMILES string of the molecule is CCC1CC(NCc2c(-c3ccccc3C(F)(F)F)noc2C2CC2)CC(C)N1c1nc2ccc(C(=O)NS(=O)(=O)C3(C)CC3)cc2s1. The van der Waals surface area contributed by atoms with Gasteiger partial charge in [-0.1, -0.05) is 41.6 Å². The zero-order valence-electron chi connectivity index (χ0n) is 26.9. The Labute approximate surface area is 281 Å². The lowest BCUT2D eigenvalue weighted by Gasteiger charge is -2.44. The number of piperidine rings is 1. The zero-order valence-corrected chi connectivity index (χ0v) is 28.6. The van der Waals surface area contributed by atoms with Crippen LogP contribution < -0.4 is 14.9 Å². The first-order valence-corrected chi connectivity index (χ1v) is 18.7. The van der Waals surface area contributed by atoms with Gasteiger partial charge in [-0.05, 0) is 83.1 Å². The molecule has 3 heterocycles. The second-order valence-corrected chi connectivity index (χ2v) is 16.8. The van der Waals surface area contributed by atoms with Gasteiger partial charge in [0.1, 0.15) is 11.5 Å². The number of amides is 1. The van der Waals surface area contributed by atoms with E-state index < -0.39 is 32.4 Å². The van der Waals surface area contributed by atoms with Crippen LogP contribution in [0.15, 0.2) is 47.0 Å². The van der Waals surface area contributed by atoms with Crippen LogP contribution in [0.3, 0.4) is 0 Å². The summed E-state index contributed by atoms with van der Waals surface area (Å²) in [5.41, 5.74) is 1.25. The fourth-order valence-electron chi connectivity index (χ4n) is 6.77. The summed E-state index contributed by atoms with van der Waals surface area (Å²) in [4.78, 5) is 20.1. The molecule has 2 aliphatic carbocycles. The lowest BCUT2D eigenvalue weighted by atomic mass is 9.90. The highest BCUT2D eigenvalue weighted by Crippen LogP contribution is 2.46. The number of benzene rings is 2. The first kappa shape index (κ1) is 33.0. The summed E-state index contributed by atoms with van der Waals surface area (Å²) < 4.78 is 74.8. The van der Waals surface area contributed by atoms with E-state index >= 15 is 0 Å². The molecular weight excluding hydrogens is 664 g/mol. The standard InChI is InChI=1S/C34H38F3N5O4S2/c1-4-23-17-22(38-18-25-29(40-46-30(25)20-9-10-20)24-7-5-6-8-26(24)34(35,36)37)15-19(2)42(23)32-39-27-12-11-21(16-28(27)47-32)31(43)41-48(44,45)33(3)13-14-33/h5-8,11-12,16,19-20,22-23,38H,4,9-10,13-15,17-18H2,1-3H3,(H,41,43). The molecule has 7 rings (SSSR count). The molecule has 1 amide bonds. The van der Waals surface area contributed by atoms with Crippen LogP contribution in [0.25, 0.3) is 21.5 Å². The van der Waals surface area contributed by atoms with Crippen LogP contribution in [0.1, 0.15) is 98.9 Å². The second-order valence-electron chi connectivity index (χ2n) is 13.6. The van der Waals surface area contributed by atoms with Crippen LogP contribution in [0.5, 0.6) is 0 Å². The quantitative estimate of drug-likeness (QED) is 0.176. The van der Waals surface area contributed by atoms with Crippen molar-refractivity contribution in [3.05, 3.63) is 64.9 Å². The number of nitrogens with one attached hydrogen (secondary N) is 2. The third kappa shape index (κ3) is 6.22. The van der Waals surface area contributed by atoms with Crippen LogP contribution in [-0.2, 0) is 22.7 Å². The first-order chi connectivity index (χ1) is 22.8. The molecule has 3 unspecified atom stereocenters. The largest absolute Gasteiger partial charge is 0.417 e. The van der Waals surface area contributed by atoms with Crippen molar-refractivity contribution in [2.45, 2.75) is 107 Å². The van der Waals surface area contributed by atoms with E-state index in [1.165, 1.54) is 23.5 Å². The Hall–Kier alpha value is -3.49. The molecule has 2 saturated carbocycles. The highest BCUT2D eigenvalue weighted by atomic mass is 32.2. The molecule has 14 heteroatoms. The van der Waals surface area contributed by atoms with Gasteiger partial charge in [-0.25, -0.2) is 18.1 Å².